The minimum Gasteiger partial charge on any atom is -0.464 e. The summed E-state index contributed by atoms with van der Waals surface area (Å²) in [6.45, 7) is 10.1. The number of furan rings is 1. The number of rotatable bonds is 7. The molecule has 0 unspecified atom stereocenters. The summed E-state index contributed by atoms with van der Waals surface area (Å²) in [5.74, 6) is 0.0600. The number of nitrogens with one attached hydrogen (secondary N) is 1. The van der Waals surface area contributed by atoms with Crippen LogP contribution < -0.4 is 10.2 Å². The van der Waals surface area contributed by atoms with Crippen LogP contribution in [0.3, 0.4) is 0 Å². The molecule has 1 aliphatic heterocycles. The van der Waals surface area contributed by atoms with Crippen LogP contribution in [0, 0.1) is 13.8 Å². The van der Waals surface area contributed by atoms with E-state index in [0.29, 0.717) is 13.0 Å². The van der Waals surface area contributed by atoms with E-state index in [1.54, 1.807) is 6.26 Å². The summed E-state index contributed by atoms with van der Waals surface area (Å²) in [6, 6.07) is 14.8. The van der Waals surface area contributed by atoms with Gasteiger partial charge in [0.2, 0.25) is 5.91 Å². The molecule has 0 spiro atoms. The number of carbonyl (C=O) groups is 1. The van der Waals surface area contributed by atoms with Crippen molar-refractivity contribution in [3.05, 3.63) is 65.4 Å². The molecule has 158 valence electrons. The molecule has 0 bridgehead atoms. The molecule has 2 aromatic carbocycles. The molecular formula is C25H31N3O2. The van der Waals surface area contributed by atoms with Gasteiger partial charge >= 0.3 is 0 Å². The van der Waals surface area contributed by atoms with Gasteiger partial charge in [-0.1, -0.05) is 30.3 Å². The Morgan fingerprint density at radius 2 is 1.80 bits per heavy atom. The van der Waals surface area contributed by atoms with Crippen LogP contribution in [-0.2, 0) is 11.2 Å². The number of amides is 1. The zero-order chi connectivity index (χ0) is 20.9. The first-order valence-electron chi connectivity index (χ1n) is 10.9. The summed E-state index contributed by atoms with van der Waals surface area (Å²) in [6.07, 6.45) is 3.07. The lowest BCUT2D eigenvalue weighted by Crippen LogP contribution is -2.47. The molecule has 2 heterocycles. The van der Waals surface area contributed by atoms with Crippen molar-refractivity contribution in [2.45, 2.75) is 26.7 Å². The molecule has 1 amide bonds. The van der Waals surface area contributed by atoms with Crippen LogP contribution in [0.25, 0.3) is 11.0 Å². The highest BCUT2D eigenvalue weighted by Crippen LogP contribution is 2.26. The van der Waals surface area contributed by atoms with Gasteiger partial charge in [0.25, 0.3) is 0 Å². The normalized spacial score (nSPS) is 14.9. The van der Waals surface area contributed by atoms with Gasteiger partial charge in [-0.3, -0.25) is 9.69 Å². The second kappa shape index (κ2) is 9.35. The molecule has 4 rings (SSSR count). The number of fused-ring (bicyclic) bond motifs is 1. The fraction of sp³-hybridized carbons (Fsp3) is 0.400. The second-order valence-corrected chi connectivity index (χ2v) is 8.19. The SMILES string of the molecule is Cc1ccc2c(CC(=O)NCCCN3CCN(c4ccccc4)CC3)coc2c1C. The maximum absolute atomic E-state index is 12.4. The molecule has 5 heteroatoms. The molecular weight excluding hydrogens is 374 g/mol. The van der Waals surface area contributed by atoms with Gasteiger partial charge in [0.1, 0.15) is 5.58 Å². The Bertz CT molecular complexity index is 988. The molecule has 5 nitrogen and oxygen atoms in total. The number of piperazine rings is 1. The molecule has 1 aromatic heterocycles. The van der Waals surface area contributed by atoms with Gasteiger partial charge < -0.3 is 14.6 Å². The first-order valence-corrected chi connectivity index (χ1v) is 10.9. The van der Waals surface area contributed by atoms with E-state index in [4.69, 9.17) is 4.42 Å². The van der Waals surface area contributed by atoms with Gasteiger partial charge in [0, 0.05) is 49.4 Å². The first-order chi connectivity index (χ1) is 14.6. The quantitative estimate of drug-likeness (QED) is 0.606. The Kier molecular flexibility index (Phi) is 6.38. The van der Waals surface area contributed by atoms with E-state index in [1.807, 2.05) is 0 Å². The summed E-state index contributed by atoms with van der Waals surface area (Å²) in [5, 5.41) is 4.11. The lowest BCUT2D eigenvalue weighted by Gasteiger charge is -2.36. The van der Waals surface area contributed by atoms with Gasteiger partial charge in [0.15, 0.2) is 0 Å². The number of carbonyl (C=O) groups excluding carboxylic acids is 1. The summed E-state index contributed by atoms with van der Waals surface area (Å²) in [4.78, 5) is 17.3. The monoisotopic (exact) mass is 405 g/mol. The van der Waals surface area contributed by atoms with Crippen molar-refractivity contribution in [1.82, 2.24) is 10.2 Å². The average Bonchev–Trinajstić information content (AvgIpc) is 3.18. The first kappa shape index (κ1) is 20.5. The number of nitrogens with zero attached hydrogens (tertiary/aromatic N) is 2. The van der Waals surface area contributed by atoms with Crippen molar-refractivity contribution in [1.29, 1.82) is 0 Å². The Balaban J connectivity index is 1.18. The van der Waals surface area contributed by atoms with Crippen LogP contribution in [0.4, 0.5) is 5.69 Å². The lowest BCUT2D eigenvalue weighted by atomic mass is 10.0. The molecule has 1 saturated heterocycles. The topological polar surface area (TPSA) is 48.7 Å². The molecule has 30 heavy (non-hydrogen) atoms. The number of anilines is 1. The Hall–Kier alpha value is -2.79. The van der Waals surface area contributed by atoms with E-state index >= 15 is 0 Å². The molecule has 0 atom stereocenters. The number of hydrogen-bond acceptors (Lipinski definition) is 4. The number of hydrogen-bond donors (Lipinski definition) is 1. The average molecular weight is 406 g/mol. The molecule has 3 aromatic rings. The van der Waals surface area contributed by atoms with Gasteiger partial charge in [-0.05, 0) is 50.1 Å². The largest absolute Gasteiger partial charge is 0.464 e. The van der Waals surface area contributed by atoms with Crippen molar-refractivity contribution >= 4 is 22.6 Å². The molecule has 0 radical (unpaired) electrons. The second-order valence-electron chi connectivity index (χ2n) is 8.19. The maximum Gasteiger partial charge on any atom is 0.224 e. The Morgan fingerprint density at radius 1 is 1.03 bits per heavy atom. The van der Waals surface area contributed by atoms with Crippen LogP contribution >= 0.6 is 0 Å². The van der Waals surface area contributed by atoms with Crippen molar-refractivity contribution in [3.8, 4) is 0 Å². The van der Waals surface area contributed by atoms with Crippen molar-refractivity contribution < 1.29 is 9.21 Å². The van der Waals surface area contributed by atoms with E-state index in [2.05, 4.69) is 71.4 Å². The van der Waals surface area contributed by atoms with E-state index in [0.717, 1.165) is 61.2 Å². The standard InChI is InChI=1S/C25H31N3O2/c1-19-9-10-23-21(18-30-25(23)20(19)2)17-24(29)26-11-6-12-27-13-15-28(16-14-27)22-7-4-3-5-8-22/h3-5,7-10,18H,6,11-17H2,1-2H3,(H,26,29). The molecule has 1 N–H and O–H groups in total. The Labute approximate surface area is 178 Å². The highest BCUT2D eigenvalue weighted by atomic mass is 16.3. The smallest absolute Gasteiger partial charge is 0.224 e. The minimum absolute atomic E-state index is 0.0600. The van der Waals surface area contributed by atoms with Crippen LogP contribution in [0.15, 0.2) is 53.1 Å². The zero-order valence-electron chi connectivity index (χ0n) is 18.0. The van der Waals surface area contributed by atoms with Crippen LogP contribution in [0.5, 0.6) is 0 Å². The lowest BCUT2D eigenvalue weighted by molar-refractivity contribution is -0.120. The third kappa shape index (κ3) is 4.68. The van der Waals surface area contributed by atoms with Crippen LogP contribution in [0.2, 0.25) is 0 Å². The van der Waals surface area contributed by atoms with E-state index in [9.17, 15) is 4.79 Å². The Morgan fingerprint density at radius 3 is 2.57 bits per heavy atom. The summed E-state index contributed by atoms with van der Waals surface area (Å²) >= 11 is 0. The van der Waals surface area contributed by atoms with Crippen LogP contribution in [-0.4, -0.2) is 50.1 Å². The third-order valence-electron chi connectivity index (χ3n) is 6.16. The zero-order valence-corrected chi connectivity index (χ0v) is 18.0. The highest BCUT2D eigenvalue weighted by molar-refractivity contribution is 5.89. The van der Waals surface area contributed by atoms with Gasteiger partial charge in [-0.2, -0.15) is 0 Å². The molecule has 0 saturated carbocycles. The summed E-state index contributed by atoms with van der Waals surface area (Å²) in [7, 11) is 0. The third-order valence-corrected chi connectivity index (χ3v) is 6.16. The van der Waals surface area contributed by atoms with Gasteiger partial charge in [-0.15, -0.1) is 0 Å². The predicted molar refractivity (Wildman–Crippen MR) is 122 cm³/mol. The number of para-hydroxylation sites is 1. The van der Waals surface area contributed by atoms with Gasteiger partial charge in [-0.25, -0.2) is 0 Å². The van der Waals surface area contributed by atoms with Gasteiger partial charge in [0.05, 0.1) is 12.7 Å². The molecule has 1 aliphatic rings. The van der Waals surface area contributed by atoms with Crippen molar-refractivity contribution in [3.63, 3.8) is 0 Å². The summed E-state index contributed by atoms with van der Waals surface area (Å²) < 4.78 is 5.72. The van der Waals surface area contributed by atoms with E-state index < -0.39 is 0 Å². The fourth-order valence-electron chi connectivity index (χ4n) is 4.16. The predicted octanol–water partition coefficient (Wildman–Crippen LogP) is 3.92. The fourth-order valence-corrected chi connectivity index (χ4v) is 4.16. The molecule has 1 fully saturated rings. The highest BCUT2D eigenvalue weighted by Gasteiger charge is 2.17. The maximum atomic E-state index is 12.4. The van der Waals surface area contributed by atoms with Crippen LogP contribution in [0.1, 0.15) is 23.1 Å². The number of aryl methyl sites for hydroxylation is 2. The minimum atomic E-state index is 0.0600. The van der Waals surface area contributed by atoms with Crippen molar-refractivity contribution in [2.75, 3.05) is 44.2 Å². The van der Waals surface area contributed by atoms with E-state index in [-0.39, 0.29) is 5.91 Å². The van der Waals surface area contributed by atoms with Crippen molar-refractivity contribution in [2.24, 2.45) is 0 Å². The summed E-state index contributed by atoms with van der Waals surface area (Å²) in [5.41, 5.74) is 5.51. The number of benzene rings is 2. The van der Waals surface area contributed by atoms with E-state index in [1.165, 1.54) is 11.3 Å². The molecule has 0 aliphatic carbocycles.